The van der Waals surface area contributed by atoms with E-state index in [-0.39, 0.29) is 28.7 Å². The predicted octanol–water partition coefficient (Wildman–Crippen LogP) is 4.79. The first-order valence-corrected chi connectivity index (χ1v) is 13.1. The van der Waals surface area contributed by atoms with Crippen LogP contribution in [0, 0.1) is 17.0 Å². The monoisotopic (exact) mass is 540 g/mol. The van der Waals surface area contributed by atoms with Crippen LogP contribution in [0.3, 0.4) is 0 Å². The van der Waals surface area contributed by atoms with Gasteiger partial charge in [-0.05, 0) is 66.2 Å². The summed E-state index contributed by atoms with van der Waals surface area (Å²) in [5, 5.41) is 10.5. The maximum Gasteiger partial charge on any atom is 0.339 e. The molecule has 190 valence electrons. The Hall–Kier alpha value is -4.16. The van der Waals surface area contributed by atoms with Crippen molar-refractivity contribution >= 4 is 44.8 Å². The summed E-state index contributed by atoms with van der Waals surface area (Å²) in [6.07, 6.45) is 1.46. The van der Waals surface area contributed by atoms with Gasteiger partial charge >= 0.3 is 10.1 Å². The van der Waals surface area contributed by atoms with E-state index in [0.717, 1.165) is 28.3 Å². The van der Waals surface area contributed by atoms with E-state index in [0.29, 0.717) is 11.3 Å². The highest BCUT2D eigenvalue weighted by Gasteiger charge is 2.34. The lowest BCUT2D eigenvalue weighted by Crippen LogP contribution is -2.32. The van der Waals surface area contributed by atoms with Gasteiger partial charge in [-0.15, -0.1) is 0 Å². The lowest BCUT2D eigenvalue weighted by atomic mass is 10.2. The summed E-state index contributed by atoms with van der Waals surface area (Å²) in [4.78, 5) is 36.3. The number of hydrogen-bond acceptors (Lipinski definition) is 9. The molecule has 0 atom stereocenters. The first-order valence-electron chi connectivity index (χ1n) is 10.9. The highest BCUT2D eigenvalue weighted by Crippen LogP contribution is 2.33. The molecule has 3 aromatic carbocycles. The molecule has 0 unspecified atom stereocenters. The summed E-state index contributed by atoms with van der Waals surface area (Å²) in [6, 6.07) is 17.8. The minimum absolute atomic E-state index is 0.0639. The number of non-ortho nitro benzene ring substituents is 1. The fourth-order valence-electron chi connectivity index (χ4n) is 3.39. The second-order valence-electron chi connectivity index (χ2n) is 7.86. The average molecular weight is 541 g/mol. The molecule has 37 heavy (non-hydrogen) atoms. The van der Waals surface area contributed by atoms with Gasteiger partial charge in [-0.3, -0.25) is 24.6 Å². The number of carbonyl (C=O) groups excluding carboxylic acids is 2. The predicted molar refractivity (Wildman–Crippen MR) is 137 cm³/mol. The third-order valence-corrected chi connectivity index (χ3v) is 7.28. The van der Waals surface area contributed by atoms with E-state index >= 15 is 0 Å². The highest BCUT2D eigenvalue weighted by atomic mass is 32.2. The van der Waals surface area contributed by atoms with E-state index in [1.54, 1.807) is 12.1 Å². The van der Waals surface area contributed by atoms with Crippen molar-refractivity contribution in [3.63, 3.8) is 0 Å². The molecule has 0 aliphatic carbocycles. The Morgan fingerprint density at radius 1 is 1.00 bits per heavy atom. The quantitative estimate of drug-likeness (QED) is 0.163. The summed E-state index contributed by atoms with van der Waals surface area (Å²) in [5.74, 6) is 0.0869. The van der Waals surface area contributed by atoms with Crippen LogP contribution >= 0.6 is 11.8 Å². The Labute approximate surface area is 216 Å². The lowest BCUT2D eigenvalue weighted by Gasteiger charge is -2.13. The molecule has 1 fully saturated rings. The first-order chi connectivity index (χ1) is 17.6. The first kappa shape index (κ1) is 25.9. The number of nitro benzene ring substituents is 1. The number of hydrogen-bond donors (Lipinski definition) is 0. The molecule has 2 amide bonds. The summed E-state index contributed by atoms with van der Waals surface area (Å²) >= 11 is 0.766. The van der Waals surface area contributed by atoms with Crippen molar-refractivity contribution < 1.29 is 31.9 Å². The summed E-state index contributed by atoms with van der Waals surface area (Å²) in [6.45, 7) is 2.13. The van der Waals surface area contributed by atoms with Crippen molar-refractivity contribution in [2.45, 2.75) is 11.8 Å². The zero-order valence-corrected chi connectivity index (χ0v) is 21.0. The molecule has 0 spiro atoms. The van der Waals surface area contributed by atoms with Crippen molar-refractivity contribution in [3.8, 4) is 11.5 Å². The normalized spacial score (nSPS) is 14.7. The van der Waals surface area contributed by atoms with Gasteiger partial charge in [0.1, 0.15) is 23.0 Å². The van der Waals surface area contributed by atoms with E-state index in [9.17, 15) is 28.1 Å². The fourth-order valence-corrected chi connectivity index (χ4v) is 5.22. The van der Waals surface area contributed by atoms with E-state index in [4.69, 9.17) is 8.92 Å². The van der Waals surface area contributed by atoms with Crippen molar-refractivity contribution in [1.29, 1.82) is 0 Å². The van der Waals surface area contributed by atoms with Gasteiger partial charge in [0.2, 0.25) is 0 Å². The molecular weight excluding hydrogens is 520 g/mol. The lowest BCUT2D eigenvalue weighted by molar-refractivity contribution is -0.385. The van der Waals surface area contributed by atoms with Gasteiger partial charge in [0.05, 0.1) is 16.4 Å². The van der Waals surface area contributed by atoms with Gasteiger partial charge in [0, 0.05) is 12.1 Å². The summed E-state index contributed by atoms with van der Waals surface area (Å²) in [7, 11) is -4.35. The van der Waals surface area contributed by atoms with Gasteiger partial charge < -0.3 is 8.92 Å². The maximum absolute atomic E-state index is 12.8. The third-order valence-electron chi connectivity index (χ3n) is 5.13. The van der Waals surface area contributed by atoms with Gasteiger partial charge in [-0.25, -0.2) is 0 Å². The molecule has 1 saturated heterocycles. The molecular formula is C25H20N2O8S2. The number of ether oxygens (including phenoxy) is 1. The number of amides is 2. The number of carbonyl (C=O) groups is 2. The molecule has 0 saturated carbocycles. The molecule has 4 rings (SSSR count). The van der Waals surface area contributed by atoms with Crippen LogP contribution in [0.1, 0.15) is 11.1 Å². The zero-order valence-electron chi connectivity index (χ0n) is 19.4. The summed E-state index contributed by atoms with van der Waals surface area (Å²) in [5.41, 5.74) is 1.06. The Morgan fingerprint density at radius 3 is 2.49 bits per heavy atom. The Kier molecular flexibility index (Phi) is 7.60. The summed E-state index contributed by atoms with van der Waals surface area (Å²) < 4.78 is 36.0. The zero-order chi connectivity index (χ0) is 26.6. The van der Waals surface area contributed by atoms with Crippen LogP contribution in [0.5, 0.6) is 11.5 Å². The Balaban J connectivity index is 1.44. The number of benzene rings is 3. The maximum atomic E-state index is 12.8. The molecule has 0 N–H and O–H groups in total. The standard InChI is InChI=1S/C25H20N2O8S2/c1-17-5-2-8-20(13-17)34-12-11-26-24(28)23(36-25(26)29)15-18-6-3-9-21(14-18)35-37(32,33)22-10-4-7-19(16-22)27(30)31/h2-10,13-16H,11-12H2,1H3/b23-15-. The van der Waals surface area contributed by atoms with Crippen molar-refractivity contribution in [1.82, 2.24) is 4.90 Å². The van der Waals surface area contributed by atoms with Crippen molar-refractivity contribution in [3.05, 3.63) is 98.9 Å². The van der Waals surface area contributed by atoms with E-state index < -0.39 is 31.9 Å². The van der Waals surface area contributed by atoms with Crippen LogP contribution in [0.15, 0.2) is 82.6 Å². The third kappa shape index (κ3) is 6.35. The molecule has 1 aliphatic heterocycles. The van der Waals surface area contributed by atoms with Crippen molar-refractivity contribution in [2.24, 2.45) is 0 Å². The molecule has 10 nitrogen and oxygen atoms in total. The number of nitro groups is 1. The fraction of sp³-hybridized carbons (Fsp3) is 0.120. The van der Waals surface area contributed by atoms with E-state index in [1.807, 2.05) is 25.1 Å². The van der Waals surface area contributed by atoms with Gasteiger partial charge in [-0.2, -0.15) is 8.42 Å². The van der Waals surface area contributed by atoms with Crippen LogP contribution < -0.4 is 8.92 Å². The van der Waals surface area contributed by atoms with Crippen LogP contribution in [-0.4, -0.2) is 42.5 Å². The second kappa shape index (κ2) is 10.8. The largest absolute Gasteiger partial charge is 0.492 e. The van der Waals surface area contributed by atoms with Crippen LogP contribution in [0.4, 0.5) is 10.5 Å². The molecule has 1 heterocycles. The van der Waals surface area contributed by atoms with Gasteiger partial charge in [0.25, 0.3) is 16.8 Å². The van der Waals surface area contributed by atoms with Gasteiger partial charge in [-0.1, -0.05) is 30.3 Å². The minimum Gasteiger partial charge on any atom is -0.492 e. The van der Waals surface area contributed by atoms with Crippen molar-refractivity contribution in [2.75, 3.05) is 13.2 Å². The van der Waals surface area contributed by atoms with Crippen LogP contribution in [0.25, 0.3) is 6.08 Å². The molecule has 1 aliphatic rings. The smallest absolute Gasteiger partial charge is 0.339 e. The molecule has 12 heteroatoms. The Bertz CT molecular complexity index is 1520. The van der Waals surface area contributed by atoms with E-state index in [1.165, 1.54) is 42.5 Å². The number of thioether (sulfide) groups is 1. The highest BCUT2D eigenvalue weighted by molar-refractivity contribution is 8.18. The van der Waals surface area contributed by atoms with Gasteiger partial charge in [0.15, 0.2) is 0 Å². The number of rotatable bonds is 9. The van der Waals surface area contributed by atoms with Crippen LogP contribution in [-0.2, 0) is 14.9 Å². The average Bonchev–Trinajstić information content (AvgIpc) is 3.11. The topological polar surface area (TPSA) is 133 Å². The van der Waals surface area contributed by atoms with E-state index in [2.05, 4.69) is 0 Å². The molecule has 0 radical (unpaired) electrons. The number of aryl methyl sites for hydroxylation is 1. The second-order valence-corrected chi connectivity index (χ2v) is 10.4. The molecule has 0 bridgehead atoms. The molecule has 0 aromatic heterocycles. The van der Waals surface area contributed by atoms with Crippen LogP contribution in [0.2, 0.25) is 0 Å². The minimum atomic E-state index is -4.35. The molecule has 3 aromatic rings. The SMILES string of the molecule is Cc1cccc(OCCN2C(=O)S/C(=C\c3cccc(OS(=O)(=O)c4cccc([N+](=O)[O-])c4)c3)C2=O)c1. The Morgan fingerprint density at radius 2 is 1.73 bits per heavy atom. The number of nitrogens with zero attached hydrogens (tertiary/aromatic N) is 2. The number of imide groups is 1.